The quantitative estimate of drug-likeness (QED) is 0.691. The van der Waals surface area contributed by atoms with Gasteiger partial charge in [0.2, 0.25) is 0 Å². The molecule has 2 heteroatoms. The Morgan fingerprint density at radius 3 is 2.43 bits per heavy atom. The van der Waals surface area contributed by atoms with Gasteiger partial charge in [0.25, 0.3) is 0 Å². The molecule has 78 valence electrons. The third-order valence-electron chi connectivity index (χ3n) is 1.96. The fourth-order valence-corrected chi connectivity index (χ4v) is 2.30. The lowest BCUT2D eigenvalue weighted by Crippen LogP contribution is -1.99. The monoisotopic (exact) mass is 209 g/mol. The van der Waals surface area contributed by atoms with Crippen LogP contribution in [0, 0.1) is 5.92 Å². The van der Waals surface area contributed by atoms with Crippen molar-refractivity contribution in [3.05, 3.63) is 29.6 Å². The average molecular weight is 209 g/mol. The summed E-state index contributed by atoms with van der Waals surface area (Å²) in [6, 6.07) is 6.42. The minimum atomic E-state index is 0.128. The Bertz CT molecular complexity index is 256. The SMILES string of the molecule is CC(C)Cc1cccc(CP(C)C)n1. The summed E-state index contributed by atoms with van der Waals surface area (Å²) in [5.74, 6) is 0.697. The Kier molecular flexibility index (Phi) is 4.54. The number of rotatable bonds is 4. The minimum Gasteiger partial charge on any atom is -0.258 e. The van der Waals surface area contributed by atoms with Gasteiger partial charge in [-0.25, -0.2) is 0 Å². The maximum absolute atomic E-state index is 4.67. The Morgan fingerprint density at radius 1 is 1.21 bits per heavy atom. The van der Waals surface area contributed by atoms with Crippen molar-refractivity contribution >= 4 is 7.92 Å². The molecule has 0 N–H and O–H groups in total. The van der Waals surface area contributed by atoms with E-state index in [1.807, 2.05) is 0 Å². The molecule has 14 heavy (non-hydrogen) atoms. The highest BCUT2D eigenvalue weighted by Gasteiger charge is 2.02. The molecule has 0 aliphatic carbocycles. The number of aromatic nitrogens is 1. The fraction of sp³-hybridized carbons (Fsp3) is 0.583. The molecule has 0 saturated heterocycles. The highest BCUT2D eigenvalue weighted by molar-refractivity contribution is 7.55. The Labute approximate surface area is 88.7 Å². The van der Waals surface area contributed by atoms with Crippen LogP contribution in [0.3, 0.4) is 0 Å². The van der Waals surface area contributed by atoms with Gasteiger partial charge >= 0.3 is 0 Å². The van der Waals surface area contributed by atoms with E-state index in [1.54, 1.807) is 0 Å². The van der Waals surface area contributed by atoms with Crippen molar-refractivity contribution in [2.75, 3.05) is 13.3 Å². The van der Waals surface area contributed by atoms with E-state index in [4.69, 9.17) is 0 Å². The van der Waals surface area contributed by atoms with Crippen molar-refractivity contribution in [1.82, 2.24) is 4.98 Å². The van der Waals surface area contributed by atoms with E-state index in [0.717, 1.165) is 12.6 Å². The van der Waals surface area contributed by atoms with Crippen LogP contribution in [-0.4, -0.2) is 18.3 Å². The molecule has 0 spiro atoms. The summed E-state index contributed by atoms with van der Waals surface area (Å²) in [5.41, 5.74) is 2.51. The molecule has 1 heterocycles. The molecule has 0 atom stereocenters. The van der Waals surface area contributed by atoms with Crippen LogP contribution in [0.1, 0.15) is 25.2 Å². The zero-order valence-electron chi connectivity index (χ0n) is 9.62. The van der Waals surface area contributed by atoms with Gasteiger partial charge in [0.15, 0.2) is 0 Å². The van der Waals surface area contributed by atoms with E-state index in [-0.39, 0.29) is 7.92 Å². The van der Waals surface area contributed by atoms with Crippen LogP contribution in [0.15, 0.2) is 18.2 Å². The molecule has 0 aliphatic rings. The third kappa shape index (κ3) is 4.19. The van der Waals surface area contributed by atoms with E-state index in [1.165, 1.54) is 11.4 Å². The topological polar surface area (TPSA) is 12.9 Å². The summed E-state index contributed by atoms with van der Waals surface area (Å²) in [6.07, 6.45) is 2.25. The van der Waals surface area contributed by atoms with Crippen LogP contribution in [0.4, 0.5) is 0 Å². The molecule has 0 unspecified atom stereocenters. The second-order valence-corrected chi connectivity index (χ2v) is 6.93. The van der Waals surface area contributed by atoms with E-state index in [2.05, 4.69) is 50.4 Å². The lowest BCUT2D eigenvalue weighted by Gasteiger charge is -2.08. The molecule has 0 bridgehead atoms. The highest BCUT2D eigenvalue weighted by atomic mass is 31.1. The summed E-state index contributed by atoms with van der Waals surface area (Å²) in [4.78, 5) is 4.67. The first-order valence-corrected chi connectivity index (χ1v) is 7.59. The van der Waals surface area contributed by atoms with Crippen molar-refractivity contribution in [2.24, 2.45) is 5.92 Å². The summed E-state index contributed by atoms with van der Waals surface area (Å²) >= 11 is 0. The van der Waals surface area contributed by atoms with E-state index in [9.17, 15) is 0 Å². The Balaban J connectivity index is 2.68. The van der Waals surface area contributed by atoms with Crippen molar-refractivity contribution in [3.8, 4) is 0 Å². The first-order chi connectivity index (χ1) is 6.58. The van der Waals surface area contributed by atoms with Crippen LogP contribution in [0.5, 0.6) is 0 Å². The van der Waals surface area contributed by atoms with E-state index in [0.29, 0.717) is 5.92 Å². The van der Waals surface area contributed by atoms with E-state index >= 15 is 0 Å². The summed E-state index contributed by atoms with van der Waals surface area (Å²) in [7, 11) is 0.128. The van der Waals surface area contributed by atoms with Gasteiger partial charge in [-0.05, 0) is 37.8 Å². The fourth-order valence-electron chi connectivity index (χ4n) is 1.47. The molecule has 0 radical (unpaired) electrons. The smallest absolute Gasteiger partial charge is 0.0449 e. The van der Waals surface area contributed by atoms with Crippen molar-refractivity contribution in [3.63, 3.8) is 0 Å². The van der Waals surface area contributed by atoms with Crippen LogP contribution in [0.2, 0.25) is 0 Å². The minimum absolute atomic E-state index is 0.128. The van der Waals surface area contributed by atoms with Crippen LogP contribution >= 0.6 is 7.92 Å². The first kappa shape index (κ1) is 11.7. The first-order valence-electron chi connectivity index (χ1n) is 5.17. The largest absolute Gasteiger partial charge is 0.258 e. The molecule has 1 aromatic rings. The second-order valence-electron chi connectivity index (χ2n) is 4.46. The van der Waals surface area contributed by atoms with Crippen molar-refractivity contribution in [1.29, 1.82) is 0 Å². The number of pyridine rings is 1. The summed E-state index contributed by atoms with van der Waals surface area (Å²) in [5, 5.41) is 0. The molecular formula is C12H20NP. The predicted molar refractivity (Wildman–Crippen MR) is 65.3 cm³/mol. The van der Waals surface area contributed by atoms with Gasteiger partial charge in [0.05, 0.1) is 0 Å². The van der Waals surface area contributed by atoms with Crippen molar-refractivity contribution < 1.29 is 0 Å². The number of hydrogen-bond donors (Lipinski definition) is 0. The molecule has 0 fully saturated rings. The van der Waals surface area contributed by atoms with Gasteiger partial charge in [-0.1, -0.05) is 19.9 Å². The molecule has 1 nitrogen and oxygen atoms in total. The normalized spacial score (nSPS) is 11.3. The van der Waals surface area contributed by atoms with Crippen LogP contribution in [0.25, 0.3) is 0 Å². The highest BCUT2D eigenvalue weighted by Crippen LogP contribution is 2.29. The van der Waals surface area contributed by atoms with Crippen LogP contribution < -0.4 is 0 Å². The zero-order valence-corrected chi connectivity index (χ0v) is 10.5. The van der Waals surface area contributed by atoms with Gasteiger partial charge in [0, 0.05) is 17.5 Å². The molecule has 0 saturated carbocycles. The van der Waals surface area contributed by atoms with Gasteiger partial charge in [-0.15, -0.1) is 7.92 Å². The third-order valence-corrected chi connectivity index (χ3v) is 2.92. The summed E-state index contributed by atoms with van der Waals surface area (Å²) in [6.45, 7) is 9.07. The standard InChI is InChI=1S/C12H20NP/c1-10(2)8-11-6-5-7-12(13-11)9-14(3)4/h5-7,10H,8-9H2,1-4H3. The Hall–Kier alpha value is -0.420. The van der Waals surface area contributed by atoms with Crippen LogP contribution in [-0.2, 0) is 12.6 Å². The van der Waals surface area contributed by atoms with Crippen molar-refractivity contribution in [2.45, 2.75) is 26.4 Å². The number of nitrogens with zero attached hydrogens (tertiary/aromatic N) is 1. The molecule has 1 rings (SSSR count). The van der Waals surface area contributed by atoms with Gasteiger partial charge in [-0.2, -0.15) is 0 Å². The zero-order chi connectivity index (χ0) is 10.6. The second kappa shape index (κ2) is 5.46. The Morgan fingerprint density at radius 2 is 1.86 bits per heavy atom. The van der Waals surface area contributed by atoms with Gasteiger partial charge in [-0.3, -0.25) is 4.98 Å². The lowest BCUT2D eigenvalue weighted by atomic mass is 10.1. The molecule has 0 aromatic carbocycles. The average Bonchev–Trinajstić information content (AvgIpc) is 2.01. The van der Waals surface area contributed by atoms with E-state index < -0.39 is 0 Å². The molecule has 0 aliphatic heterocycles. The van der Waals surface area contributed by atoms with Gasteiger partial charge in [0.1, 0.15) is 0 Å². The molecular weight excluding hydrogens is 189 g/mol. The number of hydrogen-bond acceptors (Lipinski definition) is 1. The lowest BCUT2D eigenvalue weighted by molar-refractivity contribution is 0.634. The maximum Gasteiger partial charge on any atom is 0.0449 e. The molecule has 1 aromatic heterocycles. The maximum atomic E-state index is 4.67. The summed E-state index contributed by atoms with van der Waals surface area (Å²) < 4.78 is 0. The van der Waals surface area contributed by atoms with Gasteiger partial charge < -0.3 is 0 Å². The molecule has 0 amide bonds. The predicted octanol–water partition coefficient (Wildman–Crippen LogP) is 3.52.